The molecule has 11 rings (SSSR count). The van der Waals surface area contributed by atoms with Crippen LogP contribution in [0.3, 0.4) is 0 Å². The van der Waals surface area contributed by atoms with Gasteiger partial charge in [0.2, 0.25) is 5.95 Å². The highest BCUT2D eigenvalue weighted by molar-refractivity contribution is 6.28. The van der Waals surface area contributed by atoms with Crippen molar-refractivity contribution in [3.05, 3.63) is 169 Å². The van der Waals surface area contributed by atoms with Crippen LogP contribution in [0.5, 0.6) is 0 Å². The minimum absolute atomic E-state index is 0.480. The Bertz CT molecular complexity index is 3300. The van der Waals surface area contributed by atoms with Crippen LogP contribution in [0.1, 0.15) is 0 Å². The first-order valence-corrected chi connectivity index (χ1v) is 17.7. The van der Waals surface area contributed by atoms with E-state index in [1.54, 1.807) is 6.07 Å². The zero-order chi connectivity index (χ0) is 35.8. The van der Waals surface area contributed by atoms with E-state index in [1.807, 2.05) is 66.7 Å². The summed E-state index contributed by atoms with van der Waals surface area (Å²) in [6.07, 6.45) is 0. The molecule has 0 unspecified atom stereocenters. The lowest BCUT2D eigenvalue weighted by atomic mass is 9.95. The number of nitrogens with zero attached hydrogens (tertiary/aromatic N) is 6. The Balaban J connectivity index is 1.23. The fourth-order valence-electron chi connectivity index (χ4n) is 7.84. The van der Waals surface area contributed by atoms with Crippen LogP contribution >= 0.6 is 0 Å². The predicted octanol–water partition coefficient (Wildman–Crippen LogP) is 12.1. The van der Waals surface area contributed by atoms with Crippen LogP contribution in [0.2, 0.25) is 0 Å². The van der Waals surface area contributed by atoms with Crippen molar-refractivity contribution in [2.24, 2.45) is 0 Å². The third kappa shape index (κ3) is 4.54. The highest BCUT2D eigenvalue weighted by atomic mass is 16.3. The summed E-state index contributed by atoms with van der Waals surface area (Å²) in [7, 11) is 0. The lowest BCUT2D eigenvalue weighted by Crippen LogP contribution is -2.06. The fraction of sp³-hybridized carbons (Fsp3) is 0. The summed E-state index contributed by atoms with van der Waals surface area (Å²) >= 11 is 0. The Kier molecular flexibility index (Phi) is 6.48. The molecule has 54 heavy (non-hydrogen) atoms. The van der Waals surface area contributed by atoms with Crippen LogP contribution in [-0.4, -0.2) is 24.5 Å². The number of para-hydroxylation sites is 3. The average Bonchev–Trinajstić information content (AvgIpc) is 3.79. The fourth-order valence-corrected chi connectivity index (χ4v) is 7.84. The summed E-state index contributed by atoms with van der Waals surface area (Å²) in [6.45, 7) is 7.68. The van der Waals surface area contributed by atoms with E-state index in [4.69, 9.17) is 30.9 Å². The summed E-state index contributed by atoms with van der Waals surface area (Å²) in [5.74, 6) is 1.48. The van der Waals surface area contributed by atoms with Gasteiger partial charge in [0.05, 0.1) is 28.8 Å². The van der Waals surface area contributed by atoms with Crippen LogP contribution in [0.15, 0.2) is 162 Å². The van der Waals surface area contributed by atoms with Gasteiger partial charge in [0, 0.05) is 54.4 Å². The van der Waals surface area contributed by atoms with Gasteiger partial charge in [-0.25, -0.2) is 14.8 Å². The van der Waals surface area contributed by atoms with E-state index in [9.17, 15) is 0 Å². The molecule has 0 saturated heterocycles. The van der Waals surface area contributed by atoms with Gasteiger partial charge in [-0.1, -0.05) is 103 Å². The molecule has 4 aromatic heterocycles. The molecular weight excluding hydrogens is 665 g/mol. The summed E-state index contributed by atoms with van der Waals surface area (Å²) in [5.41, 5.74) is 8.51. The van der Waals surface area contributed by atoms with Crippen LogP contribution in [-0.2, 0) is 0 Å². The van der Waals surface area contributed by atoms with Gasteiger partial charge in [-0.15, -0.1) is 0 Å². The molecule has 7 nitrogen and oxygen atoms in total. The third-order valence-electron chi connectivity index (χ3n) is 10.2. The number of furan rings is 1. The second-order valence-corrected chi connectivity index (χ2v) is 13.3. The molecule has 250 valence electrons. The normalized spacial score (nSPS) is 11.7. The second-order valence-electron chi connectivity index (χ2n) is 13.3. The van der Waals surface area contributed by atoms with Gasteiger partial charge in [-0.3, -0.25) is 4.57 Å². The maximum atomic E-state index is 7.68. The summed E-state index contributed by atoms with van der Waals surface area (Å²) < 4.78 is 8.50. The predicted molar refractivity (Wildman–Crippen MR) is 217 cm³/mol. The van der Waals surface area contributed by atoms with E-state index in [2.05, 4.69) is 94.3 Å². The first kappa shape index (κ1) is 30.0. The molecule has 0 aliphatic heterocycles. The first-order chi connectivity index (χ1) is 26.7. The number of benzene rings is 7. The van der Waals surface area contributed by atoms with E-state index in [0.29, 0.717) is 23.3 Å². The molecule has 11 aromatic rings. The molecule has 0 fully saturated rings. The maximum Gasteiger partial charge on any atom is 0.238 e. The van der Waals surface area contributed by atoms with Gasteiger partial charge in [0.25, 0.3) is 0 Å². The Morgan fingerprint density at radius 1 is 0.463 bits per heavy atom. The number of hydrogen-bond acceptors (Lipinski definition) is 5. The first-order valence-electron chi connectivity index (χ1n) is 17.7. The van der Waals surface area contributed by atoms with E-state index in [1.165, 1.54) is 0 Å². The van der Waals surface area contributed by atoms with E-state index >= 15 is 0 Å². The minimum Gasteiger partial charge on any atom is -0.456 e. The Morgan fingerprint density at radius 2 is 1.13 bits per heavy atom. The van der Waals surface area contributed by atoms with Crippen molar-refractivity contribution in [2.75, 3.05) is 0 Å². The maximum absolute atomic E-state index is 7.68. The Hall–Kier alpha value is -7.69. The molecule has 0 radical (unpaired) electrons. The topological polar surface area (TPSA) is 74.0 Å². The standard InChI is InChI=1S/C47H26N6O/c1-48-31-15-11-14-29(26-31)45-50-46(52-47(51-45)53-38-19-8-5-16-32(38)33-17-6-9-20-39(33)53)30-22-24-37-36(27-30)42-35(44(49-37)28-12-3-2-4-13-28)23-25-41-43(42)34-18-7-10-21-40(34)54-41/h2-27H. The van der Waals surface area contributed by atoms with E-state index < -0.39 is 0 Å². The minimum atomic E-state index is 0.480. The van der Waals surface area contributed by atoms with E-state index in [-0.39, 0.29) is 0 Å². The van der Waals surface area contributed by atoms with Gasteiger partial charge in [0.15, 0.2) is 17.3 Å². The number of rotatable bonds is 4. The summed E-state index contributed by atoms with van der Waals surface area (Å²) in [6, 6.07) is 52.9. The lowest BCUT2D eigenvalue weighted by Gasteiger charge is -2.13. The second kappa shape index (κ2) is 11.7. The molecule has 0 saturated carbocycles. The highest BCUT2D eigenvalue weighted by Crippen LogP contribution is 2.42. The molecule has 7 aromatic carbocycles. The monoisotopic (exact) mass is 690 g/mol. The number of fused-ring (bicyclic) bond motifs is 10. The molecule has 0 spiro atoms. The molecule has 0 aliphatic rings. The van der Waals surface area contributed by atoms with Crippen LogP contribution in [0.25, 0.3) is 110 Å². The van der Waals surface area contributed by atoms with Gasteiger partial charge in [-0.05, 0) is 54.6 Å². The number of hydrogen-bond donors (Lipinski definition) is 0. The Morgan fingerprint density at radius 3 is 1.89 bits per heavy atom. The van der Waals surface area contributed by atoms with Gasteiger partial charge < -0.3 is 4.42 Å². The SMILES string of the molecule is [C-]#[N+]c1cccc(-c2nc(-c3ccc4nc(-c5ccccc5)c5ccc6oc7ccccc7c6c5c4c3)nc(-n3c4ccccc4c4ccccc43)n2)c1. The molecule has 0 amide bonds. The quantitative estimate of drug-likeness (QED) is 0.136. The molecular formula is C47H26N6O. The zero-order valence-corrected chi connectivity index (χ0v) is 28.6. The molecule has 0 aliphatic carbocycles. The summed E-state index contributed by atoms with van der Waals surface area (Å²) in [5, 5.41) is 7.37. The molecule has 4 heterocycles. The van der Waals surface area contributed by atoms with Crippen molar-refractivity contribution in [3.8, 4) is 40.0 Å². The lowest BCUT2D eigenvalue weighted by molar-refractivity contribution is 0.669. The largest absolute Gasteiger partial charge is 0.456 e. The van der Waals surface area contributed by atoms with Crippen molar-refractivity contribution < 1.29 is 4.42 Å². The van der Waals surface area contributed by atoms with Gasteiger partial charge >= 0.3 is 0 Å². The van der Waals surface area contributed by atoms with Crippen molar-refractivity contribution in [1.82, 2.24) is 24.5 Å². The zero-order valence-electron chi connectivity index (χ0n) is 28.6. The smallest absolute Gasteiger partial charge is 0.238 e. The van der Waals surface area contributed by atoms with Crippen LogP contribution in [0.4, 0.5) is 5.69 Å². The van der Waals surface area contributed by atoms with Gasteiger partial charge in [0.1, 0.15) is 11.2 Å². The summed E-state index contributed by atoms with van der Waals surface area (Å²) in [4.78, 5) is 24.4. The van der Waals surface area contributed by atoms with Crippen molar-refractivity contribution in [2.45, 2.75) is 0 Å². The van der Waals surface area contributed by atoms with Gasteiger partial charge in [-0.2, -0.15) is 9.97 Å². The number of pyridine rings is 1. The molecule has 7 heteroatoms. The number of aromatic nitrogens is 5. The van der Waals surface area contributed by atoms with Crippen LogP contribution < -0.4 is 0 Å². The molecule has 0 N–H and O–H groups in total. The Labute approximate surface area is 308 Å². The third-order valence-corrected chi connectivity index (χ3v) is 10.2. The van der Waals surface area contributed by atoms with Crippen molar-refractivity contribution in [3.63, 3.8) is 0 Å². The average molecular weight is 691 g/mol. The van der Waals surface area contributed by atoms with Crippen LogP contribution in [0, 0.1) is 6.57 Å². The van der Waals surface area contributed by atoms with Crippen molar-refractivity contribution in [1.29, 1.82) is 0 Å². The van der Waals surface area contributed by atoms with Crippen molar-refractivity contribution >= 4 is 71.1 Å². The van der Waals surface area contributed by atoms with E-state index in [0.717, 1.165) is 87.8 Å². The molecule has 0 bridgehead atoms. The molecule has 0 atom stereocenters. The highest BCUT2D eigenvalue weighted by Gasteiger charge is 2.21.